The normalized spacial score (nSPS) is 17.1. The monoisotopic (exact) mass is 326 g/mol. The van der Waals surface area contributed by atoms with E-state index in [0.717, 1.165) is 37.4 Å². The van der Waals surface area contributed by atoms with Crippen molar-refractivity contribution < 1.29 is 9.53 Å². The molecule has 0 saturated carbocycles. The van der Waals surface area contributed by atoms with E-state index in [1.165, 1.54) is 6.42 Å². The van der Waals surface area contributed by atoms with Crippen LogP contribution >= 0.6 is 12.4 Å². The van der Waals surface area contributed by atoms with Gasteiger partial charge in [0.1, 0.15) is 5.75 Å². The molecule has 1 unspecified atom stereocenters. The number of carbonyl (C=O) groups is 1. The van der Waals surface area contributed by atoms with E-state index in [9.17, 15) is 4.79 Å². The Morgan fingerprint density at radius 3 is 2.86 bits per heavy atom. The lowest BCUT2D eigenvalue weighted by molar-refractivity contribution is -0.120. The molecule has 0 bridgehead atoms. The lowest BCUT2D eigenvalue weighted by Crippen LogP contribution is -2.28. The summed E-state index contributed by atoms with van der Waals surface area (Å²) in [6.07, 6.45) is 2.78. The highest BCUT2D eigenvalue weighted by atomic mass is 35.5. The van der Waals surface area contributed by atoms with Gasteiger partial charge in [0.15, 0.2) is 0 Å². The van der Waals surface area contributed by atoms with Gasteiger partial charge in [-0.3, -0.25) is 4.79 Å². The average Bonchev–Trinajstić information content (AvgIpc) is 2.93. The fourth-order valence-electron chi connectivity index (χ4n) is 2.63. The van der Waals surface area contributed by atoms with Gasteiger partial charge in [-0.1, -0.05) is 18.2 Å². The Hall–Kier alpha value is -1.26. The molecule has 2 rings (SSSR count). The van der Waals surface area contributed by atoms with Crippen LogP contribution in [0.4, 0.5) is 0 Å². The first-order valence-corrected chi connectivity index (χ1v) is 7.87. The quantitative estimate of drug-likeness (QED) is 0.809. The Bertz CT molecular complexity index is 460. The van der Waals surface area contributed by atoms with Crippen LogP contribution in [0.5, 0.6) is 5.75 Å². The minimum atomic E-state index is 0. The summed E-state index contributed by atoms with van der Waals surface area (Å²) < 4.78 is 5.74. The third kappa shape index (κ3) is 6.24. The number of benzene rings is 1. The zero-order chi connectivity index (χ0) is 15.1. The molecule has 1 fully saturated rings. The molecule has 22 heavy (non-hydrogen) atoms. The molecule has 1 aromatic rings. The van der Waals surface area contributed by atoms with Crippen molar-refractivity contribution in [1.29, 1.82) is 0 Å². The summed E-state index contributed by atoms with van der Waals surface area (Å²) in [6.45, 7) is 6.94. The van der Waals surface area contributed by atoms with Crippen LogP contribution in [-0.4, -0.2) is 31.6 Å². The van der Waals surface area contributed by atoms with Gasteiger partial charge in [-0.2, -0.15) is 0 Å². The summed E-state index contributed by atoms with van der Waals surface area (Å²) in [5.74, 6) is 1.59. The Kier molecular flexibility index (Phi) is 8.28. The summed E-state index contributed by atoms with van der Waals surface area (Å²) in [6, 6.07) is 7.76. The van der Waals surface area contributed by atoms with E-state index in [1.807, 2.05) is 38.1 Å². The van der Waals surface area contributed by atoms with E-state index in [4.69, 9.17) is 4.74 Å². The minimum absolute atomic E-state index is 0. The van der Waals surface area contributed by atoms with Crippen LogP contribution < -0.4 is 15.4 Å². The third-order valence-corrected chi connectivity index (χ3v) is 3.72. The number of carbonyl (C=O) groups excluding carboxylic acids is 1. The number of rotatable bonds is 7. The Balaban J connectivity index is 0.00000242. The van der Waals surface area contributed by atoms with Crippen molar-refractivity contribution in [3.8, 4) is 5.75 Å². The first kappa shape index (κ1) is 18.8. The maximum absolute atomic E-state index is 12.0. The number of para-hydroxylation sites is 1. The van der Waals surface area contributed by atoms with Crippen LogP contribution in [0.3, 0.4) is 0 Å². The number of amides is 1. The van der Waals surface area contributed by atoms with Crippen LogP contribution in [0.15, 0.2) is 24.3 Å². The second kappa shape index (κ2) is 9.70. The number of halogens is 1. The smallest absolute Gasteiger partial charge is 0.224 e. The van der Waals surface area contributed by atoms with E-state index in [-0.39, 0.29) is 24.4 Å². The van der Waals surface area contributed by atoms with Gasteiger partial charge in [0.05, 0.1) is 12.5 Å². The van der Waals surface area contributed by atoms with Gasteiger partial charge in [0.2, 0.25) is 5.91 Å². The molecule has 2 N–H and O–H groups in total. The topological polar surface area (TPSA) is 50.4 Å². The number of hydrogen-bond acceptors (Lipinski definition) is 3. The first-order valence-electron chi connectivity index (χ1n) is 7.87. The fourth-order valence-corrected chi connectivity index (χ4v) is 2.63. The molecule has 0 aliphatic carbocycles. The highest BCUT2D eigenvalue weighted by Crippen LogP contribution is 2.20. The van der Waals surface area contributed by atoms with Crippen molar-refractivity contribution >= 4 is 18.3 Å². The Morgan fingerprint density at radius 2 is 2.18 bits per heavy atom. The molecule has 124 valence electrons. The number of ether oxygens (including phenoxy) is 1. The van der Waals surface area contributed by atoms with Crippen LogP contribution in [0.1, 0.15) is 32.3 Å². The van der Waals surface area contributed by atoms with E-state index < -0.39 is 0 Å². The summed E-state index contributed by atoms with van der Waals surface area (Å²) in [5, 5.41) is 6.36. The fraction of sp³-hybridized carbons (Fsp3) is 0.588. The second-order valence-electron chi connectivity index (χ2n) is 5.95. The van der Waals surface area contributed by atoms with Crippen molar-refractivity contribution in [3.05, 3.63) is 29.8 Å². The molecule has 0 aromatic heterocycles. The van der Waals surface area contributed by atoms with E-state index in [2.05, 4.69) is 10.6 Å². The molecule has 4 nitrogen and oxygen atoms in total. The lowest BCUT2D eigenvalue weighted by atomic mass is 10.1. The minimum Gasteiger partial charge on any atom is -0.491 e. The maximum Gasteiger partial charge on any atom is 0.224 e. The van der Waals surface area contributed by atoms with E-state index in [0.29, 0.717) is 12.3 Å². The van der Waals surface area contributed by atoms with Crippen LogP contribution in [-0.2, 0) is 11.2 Å². The van der Waals surface area contributed by atoms with Crippen molar-refractivity contribution in [1.82, 2.24) is 10.6 Å². The van der Waals surface area contributed by atoms with Gasteiger partial charge in [-0.15, -0.1) is 12.4 Å². The SMILES string of the molecule is CC(C)Oc1ccccc1CC(=O)NCCC1CCNC1.Cl. The molecule has 5 heteroatoms. The molecule has 1 aliphatic heterocycles. The molecule has 1 heterocycles. The average molecular weight is 327 g/mol. The van der Waals surface area contributed by atoms with Gasteiger partial charge in [-0.05, 0) is 51.8 Å². The van der Waals surface area contributed by atoms with E-state index in [1.54, 1.807) is 0 Å². The molecule has 0 spiro atoms. The van der Waals surface area contributed by atoms with Gasteiger partial charge in [0.25, 0.3) is 0 Å². The molecule has 0 radical (unpaired) electrons. The molecular formula is C17H27ClN2O2. The van der Waals surface area contributed by atoms with Crippen molar-refractivity contribution in [2.45, 2.75) is 39.2 Å². The molecule has 1 atom stereocenters. The second-order valence-corrected chi connectivity index (χ2v) is 5.95. The lowest BCUT2D eigenvalue weighted by Gasteiger charge is -2.14. The molecule has 1 aromatic carbocycles. The van der Waals surface area contributed by atoms with E-state index >= 15 is 0 Å². The van der Waals surface area contributed by atoms with Crippen molar-refractivity contribution in [3.63, 3.8) is 0 Å². The molecule has 1 saturated heterocycles. The number of nitrogens with one attached hydrogen (secondary N) is 2. The van der Waals surface area contributed by atoms with Gasteiger partial charge < -0.3 is 15.4 Å². The Labute approximate surface area is 139 Å². The van der Waals surface area contributed by atoms with Crippen molar-refractivity contribution in [2.24, 2.45) is 5.92 Å². The molecule has 1 amide bonds. The van der Waals surface area contributed by atoms with Gasteiger partial charge >= 0.3 is 0 Å². The zero-order valence-electron chi connectivity index (χ0n) is 13.4. The summed E-state index contributed by atoms with van der Waals surface area (Å²) in [5.41, 5.74) is 0.950. The summed E-state index contributed by atoms with van der Waals surface area (Å²) in [4.78, 5) is 12.0. The van der Waals surface area contributed by atoms with Crippen molar-refractivity contribution in [2.75, 3.05) is 19.6 Å². The Morgan fingerprint density at radius 1 is 1.41 bits per heavy atom. The van der Waals surface area contributed by atoms with Crippen LogP contribution in [0.25, 0.3) is 0 Å². The third-order valence-electron chi connectivity index (χ3n) is 3.72. The molecule has 1 aliphatic rings. The number of hydrogen-bond donors (Lipinski definition) is 2. The molecular weight excluding hydrogens is 300 g/mol. The summed E-state index contributed by atoms with van der Waals surface area (Å²) in [7, 11) is 0. The summed E-state index contributed by atoms with van der Waals surface area (Å²) >= 11 is 0. The first-order chi connectivity index (χ1) is 10.1. The largest absolute Gasteiger partial charge is 0.491 e. The maximum atomic E-state index is 12.0. The highest BCUT2D eigenvalue weighted by Gasteiger charge is 2.14. The standard InChI is InChI=1S/C17H26N2O2.ClH/c1-13(2)21-16-6-4-3-5-15(16)11-17(20)19-10-8-14-7-9-18-12-14;/h3-6,13-14,18H,7-12H2,1-2H3,(H,19,20);1H. The predicted molar refractivity (Wildman–Crippen MR) is 91.8 cm³/mol. The highest BCUT2D eigenvalue weighted by molar-refractivity contribution is 5.85. The predicted octanol–water partition coefficient (Wildman–Crippen LogP) is 2.55. The van der Waals surface area contributed by atoms with Gasteiger partial charge in [0, 0.05) is 12.1 Å². The van der Waals surface area contributed by atoms with Crippen LogP contribution in [0, 0.1) is 5.92 Å². The van der Waals surface area contributed by atoms with Crippen LogP contribution in [0.2, 0.25) is 0 Å². The van der Waals surface area contributed by atoms with Gasteiger partial charge in [-0.25, -0.2) is 0 Å². The zero-order valence-corrected chi connectivity index (χ0v) is 14.2.